The molecule has 0 radical (unpaired) electrons. The highest BCUT2D eigenvalue weighted by Crippen LogP contribution is 2.00. The number of nitrogens with zero attached hydrogens (tertiary/aromatic N) is 2. The van der Waals surface area contributed by atoms with Crippen LogP contribution in [0.4, 0.5) is 0 Å². The molecule has 92 valence electrons. The SMILES string of the molecule is Cc1ccc(C#CC#CN2CCN(C)CC2)cc1. The van der Waals surface area contributed by atoms with Crippen LogP contribution in [-0.4, -0.2) is 43.0 Å². The molecule has 1 heterocycles. The molecule has 0 saturated carbocycles. The highest BCUT2D eigenvalue weighted by Gasteiger charge is 2.09. The molecule has 1 aromatic rings. The van der Waals surface area contributed by atoms with Gasteiger partial charge in [0.25, 0.3) is 0 Å². The lowest BCUT2D eigenvalue weighted by molar-refractivity contribution is 0.207. The summed E-state index contributed by atoms with van der Waals surface area (Å²) in [5, 5.41) is 0. The molecule has 1 saturated heterocycles. The van der Waals surface area contributed by atoms with E-state index in [0.717, 1.165) is 31.7 Å². The molecule has 0 bridgehead atoms. The van der Waals surface area contributed by atoms with E-state index in [1.807, 2.05) is 12.1 Å². The van der Waals surface area contributed by atoms with Crippen LogP contribution in [0.15, 0.2) is 24.3 Å². The number of hydrogen-bond acceptors (Lipinski definition) is 2. The minimum atomic E-state index is 1.01. The van der Waals surface area contributed by atoms with Gasteiger partial charge in [-0.25, -0.2) is 0 Å². The van der Waals surface area contributed by atoms with E-state index in [4.69, 9.17) is 0 Å². The molecule has 1 aliphatic rings. The summed E-state index contributed by atoms with van der Waals surface area (Å²) in [6.07, 6.45) is 0. The second-order valence-corrected chi connectivity index (χ2v) is 4.64. The number of aryl methyl sites for hydroxylation is 1. The quantitative estimate of drug-likeness (QED) is 0.633. The number of benzene rings is 1. The smallest absolute Gasteiger partial charge is 0.0388 e. The van der Waals surface area contributed by atoms with E-state index in [1.165, 1.54) is 5.56 Å². The van der Waals surface area contributed by atoms with Crippen LogP contribution < -0.4 is 0 Å². The van der Waals surface area contributed by atoms with Crippen LogP contribution in [0.5, 0.6) is 0 Å². The van der Waals surface area contributed by atoms with Crippen LogP contribution in [0, 0.1) is 30.7 Å². The van der Waals surface area contributed by atoms with E-state index < -0.39 is 0 Å². The van der Waals surface area contributed by atoms with Gasteiger partial charge >= 0.3 is 0 Å². The topological polar surface area (TPSA) is 6.48 Å². The fraction of sp³-hybridized carbons (Fsp3) is 0.375. The molecule has 0 unspecified atom stereocenters. The molecule has 18 heavy (non-hydrogen) atoms. The van der Waals surface area contributed by atoms with Crippen molar-refractivity contribution < 1.29 is 0 Å². The normalized spacial score (nSPS) is 15.3. The molecule has 1 aliphatic heterocycles. The van der Waals surface area contributed by atoms with Gasteiger partial charge in [-0.2, -0.15) is 0 Å². The fourth-order valence-electron chi connectivity index (χ4n) is 1.77. The summed E-state index contributed by atoms with van der Waals surface area (Å²) in [6, 6.07) is 11.3. The Bertz CT molecular complexity index is 500. The summed E-state index contributed by atoms with van der Waals surface area (Å²) in [4.78, 5) is 4.46. The first-order valence-corrected chi connectivity index (χ1v) is 6.26. The molecule has 1 aromatic carbocycles. The second kappa shape index (κ2) is 6.15. The van der Waals surface area contributed by atoms with Gasteiger partial charge in [0, 0.05) is 43.7 Å². The van der Waals surface area contributed by atoms with Gasteiger partial charge in [0.1, 0.15) is 0 Å². The standard InChI is InChI=1S/C16H18N2/c1-15-6-8-16(9-7-15)5-3-4-10-18-13-11-17(2)12-14-18/h6-9H,11-14H2,1-2H3. The maximum atomic E-state index is 3.11. The number of hydrogen-bond donors (Lipinski definition) is 0. The third-order valence-electron chi connectivity index (χ3n) is 3.04. The Balaban J connectivity index is 1.90. The average molecular weight is 238 g/mol. The van der Waals surface area contributed by atoms with Crippen molar-refractivity contribution in [2.24, 2.45) is 0 Å². The fourth-order valence-corrected chi connectivity index (χ4v) is 1.77. The highest BCUT2D eigenvalue weighted by atomic mass is 15.2. The Morgan fingerprint density at radius 2 is 1.61 bits per heavy atom. The maximum absolute atomic E-state index is 3.11. The monoisotopic (exact) mass is 238 g/mol. The van der Waals surface area contributed by atoms with Gasteiger partial charge in [0.15, 0.2) is 0 Å². The third kappa shape index (κ3) is 3.84. The predicted molar refractivity (Wildman–Crippen MR) is 74.9 cm³/mol. The summed E-state index contributed by atoms with van der Waals surface area (Å²) in [6.45, 7) is 6.26. The second-order valence-electron chi connectivity index (χ2n) is 4.64. The predicted octanol–water partition coefficient (Wildman–Crippen LogP) is 1.55. The van der Waals surface area contributed by atoms with Crippen LogP contribution in [-0.2, 0) is 0 Å². The molecule has 0 amide bonds. The van der Waals surface area contributed by atoms with E-state index >= 15 is 0 Å². The van der Waals surface area contributed by atoms with Crippen molar-refractivity contribution in [3.05, 3.63) is 35.4 Å². The minimum Gasteiger partial charge on any atom is -0.329 e. The van der Waals surface area contributed by atoms with Crippen molar-refractivity contribution >= 4 is 0 Å². The lowest BCUT2D eigenvalue weighted by Crippen LogP contribution is -2.42. The molecule has 0 N–H and O–H groups in total. The van der Waals surface area contributed by atoms with E-state index in [9.17, 15) is 0 Å². The van der Waals surface area contributed by atoms with E-state index in [-0.39, 0.29) is 0 Å². The van der Waals surface area contributed by atoms with Crippen molar-refractivity contribution in [3.8, 4) is 23.8 Å². The molecular weight excluding hydrogens is 220 g/mol. The van der Waals surface area contributed by atoms with Crippen LogP contribution in [0.1, 0.15) is 11.1 Å². The molecule has 0 spiro atoms. The summed E-state index contributed by atoms with van der Waals surface area (Å²) in [5.41, 5.74) is 2.28. The van der Waals surface area contributed by atoms with Gasteiger partial charge in [0.2, 0.25) is 0 Å². The highest BCUT2D eigenvalue weighted by molar-refractivity contribution is 5.40. The Morgan fingerprint density at radius 1 is 0.944 bits per heavy atom. The van der Waals surface area contributed by atoms with E-state index in [2.05, 4.69) is 59.7 Å². The van der Waals surface area contributed by atoms with Gasteiger partial charge in [-0.3, -0.25) is 0 Å². The first kappa shape index (κ1) is 12.6. The summed E-state index contributed by atoms with van der Waals surface area (Å²) in [7, 11) is 2.14. The van der Waals surface area contributed by atoms with Gasteiger partial charge in [0.05, 0.1) is 0 Å². The largest absolute Gasteiger partial charge is 0.329 e. The molecule has 2 rings (SSSR count). The van der Waals surface area contributed by atoms with Crippen molar-refractivity contribution in [2.45, 2.75) is 6.92 Å². The van der Waals surface area contributed by atoms with E-state index in [1.54, 1.807) is 0 Å². The zero-order valence-electron chi connectivity index (χ0n) is 11.0. The van der Waals surface area contributed by atoms with Crippen LogP contribution >= 0.6 is 0 Å². The Morgan fingerprint density at radius 3 is 2.28 bits per heavy atom. The molecule has 2 heteroatoms. The van der Waals surface area contributed by atoms with Crippen molar-refractivity contribution in [1.29, 1.82) is 0 Å². The van der Waals surface area contributed by atoms with Gasteiger partial charge in [-0.1, -0.05) is 23.6 Å². The lowest BCUT2D eigenvalue weighted by Gasteiger charge is -2.29. The van der Waals surface area contributed by atoms with Gasteiger partial charge < -0.3 is 9.80 Å². The maximum Gasteiger partial charge on any atom is 0.0388 e. The summed E-state index contributed by atoms with van der Waals surface area (Å²) in [5.74, 6) is 8.90. The first-order valence-electron chi connectivity index (χ1n) is 6.26. The molecular formula is C16H18N2. The first-order chi connectivity index (χ1) is 8.74. The Labute approximate surface area is 110 Å². The number of rotatable bonds is 0. The van der Waals surface area contributed by atoms with Crippen LogP contribution in [0.25, 0.3) is 0 Å². The molecule has 1 fully saturated rings. The van der Waals surface area contributed by atoms with Crippen molar-refractivity contribution in [3.63, 3.8) is 0 Å². The zero-order valence-corrected chi connectivity index (χ0v) is 11.0. The molecule has 2 nitrogen and oxygen atoms in total. The van der Waals surface area contributed by atoms with Crippen LogP contribution in [0.3, 0.4) is 0 Å². The summed E-state index contributed by atoms with van der Waals surface area (Å²) >= 11 is 0. The number of piperazine rings is 1. The Hall–Kier alpha value is -1.90. The van der Waals surface area contributed by atoms with Crippen molar-refractivity contribution in [2.75, 3.05) is 33.2 Å². The van der Waals surface area contributed by atoms with Gasteiger partial charge in [-0.05, 0) is 32.0 Å². The average Bonchev–Trinajstić information content (AvgIpc) is 2.39. The number of likely N-dealkylation sites (N-methyl/N-ethyl adjacent to an activating group) is 1. The van der Waals surface area contributed by atoms with E-state index in [0.29, 0.717) is 0 Å². The molecule has 0 atom stereocenters. The summed E-state index contributed by atoms with van der Waals surface area (Å²) < 4.78 is 0. The van der Waals surface area contributed by atoms with Gasteiger partial charge in [-0.15, -0.1) is 0 Å². The third-order valence-corrected chi connectivity index (χ3v) is 3.04. The molecule has 0 aliphatic carbocycles. The van der Waals surface area contributed by atoms with Crippen molar-refractivity contribution in [1.82, 2.24) is 9.80 Å². The van der Waals surface area contributed by atoms with Crippen LogP contribution in [0.2, 0.25) is 0 Å². The lowest BCUT2D eigenvalue weighted by atomic mass is 10.2. The molecule has 0 aromatic heterocycles. The Kier molecular flexibility index (Phi) is 4.29. The zero-order chi connectivity index (χ0) is 12.8. The minimum absolute atomic E-state index is 1.01.